The Kier molecular flexibility index (Phi) is 9.30. The van der Waals surface area contributed by atoms with Gasteiger partial charge in [0.2, 0.25) is 0 Å². The lowest BCUT2D eigenvalue weighted by Gasteiger charge is -2.19. The first-order valence-corrected chi connectivity index (χ1v) is 6.74. The molecule has 0 nitrogen and oxygen atoms in total. The summed E-state index contributed by atoms with van der Waals surface area (Å²) in [5.74, 6) is 1.86. The maximum Gasteiger partial charge on any atom is -0.0381 e. The van der Waals surface area contributed by atoms with Crippen molar-refractivity contribution in [2.45, 2.75) is 59.3 Å². The van der Waals surface area contributed by atoms with Gasteiger partial charge in [-0.2, -0.15) is 0 Å². The van der Waals surface area contributed by atoms with Crippen LogP contribution in [0.4, 0.5) is 0 Å². The van der Waals surface area contributed by atoms with Crippen molar-refractivity contribution in [2.24, 2.45) is 11.8 Å². The Hall–Kier alpha value is 0.430. The maximum absolute atomic E-state index is 2.82. The molecular formula is C12H27P. The van der Waals surface area contributed by atoms with Gasteiger partial charge in [0, 0.05) is 0 Å². The summed E-state index contributed by atoms with van der Waals surface area (Å²) >= 11 is 0. The molecule has 3 atom stereocenters. The molecule has 0 N–H and O–H groups in total. The monoisotopic (exact) mass is 202 g/mol. The molecule has 0 heterocycles. The summed E-state index contributed by atoms with van der Waals surface area (Å²) in [6.07, 6.45) is 9.70. The van der Waals surface area contributed by atoms with Crippen molar-refractivity contribution in [1.29, 1.82) is 0 Å². The fourth-order valence-electron chi connectivity index (χ4n) is 1.73. The molecule has 0 fully saturated rings. The van der Waals surface area contributed by atoms with Gasteiger partial charge in [0.05, 0.1) is 0 Å². The van der Waals surface area contributed by atoms with E-state index in [0.29, 0.717) is 0 Å². The fourth-order valence-corrected chi connectivity index (χ4v) is 1.96. The van der Waals surface area contributed by atoms with Crippen LogP contribution in [0.1, 0.15) is 59.3 Å². The van der Waals surface area contributed by atoms with E-state index in [9.17, 15) is 0 Å². The third-order valence-corrected chi connectivity index (χ3v) is 3.51. The van der Waals surface area contributed by atoms with Crippen LogP contribution < -0.4 is 0 Å². The number of hydrogen-bond acceptors (Lipinski definition) is 0. The van der Waals surface area contributed by atoms with E-state index >= 15 is 0 Å². The van der Waals surface area contributed by atoms with E-state index in [0.717, 1.165) is 11.8 Å². The van der Waals surface area contributed by atoms with Crippen LogP contribution in [0.5, 0.6) is 0 Å². The van der Waals surface area contributed by atoms with E-state index < -0.39 is 0 Å². The van der Waals surface area contributed by atoms with Crippen LogP contribution >= 0.6 is 9.24 Å². The molecule has 0 spiro atoms. The molecule has 80 valence electrons. The summed E-state index contributed by atoms with van der Waals surface area (Å²) in [5.41, 5.74) is 0. The first kappa shape index (κ1) is 13.4. The van der Waals surface area contributed by atoms with Gasteiger partial charge in [-0.15, -0.1) is 9.24 Å². The quantitative estimate of drug-likeness (QED) is 0.402. The molecule has 13 heavy (non-hydrogen) atoms. The standard InChI is InChI=1S/C12H27P/c1-4-5-6-8-11(2)12(3)9-7-10-13/h11-12H,4-10,13H2,1-3H3. The summed E-state index contributed by atoms with van der Waals surface area (Å²) in [5, 5.41) is 0. The third kappa shape index (κ3) is 7.50. The molecule has 0 saturated heterocycles. The van der Waals surface area contributed by atoms with Crippen LogP contribution in [0.25, 0.3) is 0 Å². The molecule has 0 radical (unpaired) electrons. The number of rotatable bonds is 8. The van der Waals surface area contributed by atoms with Gasteiger partial charge in [-0.05, 0) is 24.4 Å². The van der Waals surface area contributed by atoms with E-state index in [2.05, 4.69) is 30.0 Å². The van der Waals surface area contributed by atoms with Gasteiger partial charge < -0.3 is 0 Å². The van der Waals surface area contributed by atoms with Crippen molar-refractivity contribution in [3.8, 4) is 0 Å². The molecule has 0 saturated carbocycles. The summed E-state index contributed by atoms with van der Waals surface area (Å²) < 4.78 is 0. The van der Waals surface area contributed by atoms with Crippen molar-refractivity contribution in [1.82, 2.24) is 0 Å². The second kappa shape index (κ2) is 9.00. The zero-order valence-corrected chi connectivity index (χ0v) is 10.8. The summed E-state index contributed by atoms with van der Waals surface area (Å²) in [6, 6.07) is 0. The normalized spacial score (nSPS) is 15.7. The molecule has 0 aromatic carbocycles. The van der Waals surface area contributed by atoms with Gasteiger partial charge in [-0.25, -0.2) is 0 Å². The Morgan fingerprint density at radius 2 is 1.46 bits per heavy atom. The topological polar surface area (TPSA) is 0 Å². The molecule has 0 rings (SSSR count). The number of hydrogen-bond donors (Lipinski definition) is 0. The van der Waals surface area contributed by atoms with Gasteiger partial charge >= 0.3 is 0 Å². The van der Waals surface area contributed by atoms with Crippen molar-refractivity contribution in [2.75, 3.05) is 6.16 Å². The first-order valence-electron chi connectivity index (χ1n) is 5.92. The second-order valence-electron chi connectivity index (χ2n) is 4.38. The van der Waals surface area contributed by atoms with Crippen LogP contribution in [-0.2, 0) is 0 Å². The van der Waals surface area contributed by atoms with E-state index in [1.165, 1.54) is 44.7 Å². The molecule has 0 aliphatic rings. The Bertz CT molecular complexity index is 101. The van der Waals surface area contributed by atoms with Crippen LogP contribution in [0.3, 0.4) is 0 Å². The Labute approximate surface area is 87.1 Å². The third-order valence-electron chi connectivity index (χ3n) is 3.10. The lowest BCUT2D eigenvalue weighted by molar-refractivity contribution is 0.332. The zero-order valence-electron chi connectivity index (χ0n) is 9.68. The van der Waals surface area contributed by atoms with E-state index in [4.69, 9.17) is 0 Å². The largest absolute Gasteiger partial charge is 0.138 e. The smallest absolute Gasteiger partial charge is 0.0381 e. The predicted molar refractivity (Wildman–Crippen MR) is 66.3 cm³/mol. The number of unbranched alkanes of at least 4 members (excludes halogenated alkanes) is 2. The summed E-state index contributed by atoms with van der Waals surface area (Å²) in [4.78, 5) is 0. The Morgan fingerprint density at radius 1 is 0.923 bits per heavy atom. The lowest BCUT2D eigenvalue weighted by atomic mass is 9.88. The SMILES string of the molecule is CCCCCC(C)C(C)CCCP. The fraction of sp³-hybridized carbons (Fsp3) is 1.00. The van der Waals surface area contributed by atoms with E-state index in [1.807, 2.05) is 0 Å². The maximum atomic E-state index is 2.82. The molecule has 0 aliphatic heterocycles. The zero-order chi connectivity index (χ0) is 10.1. The van der Waals surface area contributed by atoms with Gasteiger partial charge in [-0.3, -0.25) is 0 Å². The van der Waals surface area contributed by atoms with Crippen LogP contribution in [0.15, 0.2) is 0 Å². The van der Waals surface area contributed by atoms with Crippen molar-refractivity contribution >= 4 is 9.24 Å². The molecule has 0 bridgehead atoms. The molecule has 0 aromatic rings. The van der Waals surface area contributed by atoms with Crippen molar-refractivity contribution in [3.05, 3.63) is 0 Å². The average molecular weight is 202 g/mol. The van der Waals surface area contributed by atoms with Gasteiger partial charge in [0.1, 0.15) is 0 Å². The second-order valence-corrected chi connectivity index (χ2v) is 4.96. The van der Waals surface area contributed by atoms with Gasteiger partial charge in [-0.1, -0.05) is 52.9 Å². The lowest BCUT2D eigenvalue weighted by Crippen LogP contribution is -2.08. The first-order chi connectivity index (χ1) is 6.22. The highest BCUT2D eigenvalue weighted by Crippen LogP contribution is 2.22. The van der Waals surface area contributed by atoms with Gasteiger partial charge in [0.25, 0.3) is 0 Å². The van der Waals surface area contributed by atoms with Crippen LogP contribution in [-0.4, -0.2) is 6.16 Å². The summed E-state index contributed by atoms with van der Waals surface area (Å²) in [6.45, 7) is 7.11. The molecule has 0 aromatic heterocycles. The average Bonchev–Trinajstić information content (AvgIpc) is 2.14. The molecule has 3 unspecified atom stereocenters. The van der Waals surface area contributed by atoms with Gasteiger partial charge in [0.15, 0.2) is 0 Å². The van der Waals surface area contributed by atoms with Crippen molar-refractivity contribution in [3.63, 3.8) is 0 Å². The summed E-state index contributed by atoms with van der Waals surface area (Å²) in [7, 11) is 2.82. The highest BCUT2D eigenvalue weighted by molar-refractivity contribution is 7.16. The highest BCUT2D eigenvalue weighted by atomic mass is 31.0. The minimum Gasteiger partial charge on any atom is -0.138 e. The van der Waals surface area contributed by atoms with E-state index in [-0.39, 0.29) is 0 Å². The highest BCUT2D eigenvalue weighted by Gasteiger charge is 2.10. The molecule has 0 amide bonds. The Morgan fingerprint density at radius 3 is 1.92 bits per heavy atom. The minimum atomic E-state index is 0.928. The van der Waals surface area contributed by atoms with Crippen LogP contribution in [0, 0.1) is 11.8 Å². The Balaban J connectivity index is 3.38. The van der Waals surface area contributed by atoms with Crippen molar-refractivity contribution < 1.29 is 0 Å². The predicted octanol–water partition coefficient (Wildman–Crippen LogP) is 4.49. The molecule has 1 heteroatoms. The van der Waals surface area contributed by atoms with E-state index in [1.54, 1.807) is 0 Å². The molecule has 0 aliphatic carbocycles. The minimum absolute atomic E-state index is 0.928. The van der Waals surface area contributed by atoms with Crippen LogP contribution in [0.2, 0.25) is 0 Å². The molecular weight excluding hydrogens is 175 g/mol.